The zero-order valence-corrected chi connectivity index (χ0v) is 15.2. The number of aromatic nitrogens is 1. The summed E-state index contributed by atoms with van der Waals surface area (Å²) < 4.78 is 5.90. The van der Waals surface area contributed by atoms with Gasteiger partial charge in [0.05, 0.1) is 16.8 Å². The van der Waals surface area contributed by atoms with Gasteiger partial charge in [-0.3, -0.25) is 15.2 Å². The van der Waals surface area contributed by atoms with E-state index in [9.17, 15) is 4.79 Å². The van der Waals surface area contributed by atoms with Gasteiger partial charge in [0.2, 0.25) is 0 Å². The van der Waals surface area contributed by atoms with Crippen molar-refractivity contribution < 1.29 is 9.53 Å². The van der Waals surface area contributed by atoms with E-state index in [0.717, 1.165) is 32.4 Å². The number of piperidine rings is 3. The highest BCUT2D eigenvalue weighted by Crippen LogP contribution is 2.36. The van der Waals surface area contributed by atoms with Crippen molar-refractivity contribution in [2.24, 2.45) is 5.92 Å². The third-order valence-electron chi connectivity index (χ3n) is 5.41. The second kappa shape index (κ2) is 7.64. The summed E-state index contributed by atoms with van der Waals surface area (Å²) >= 11 is 6.12. The van der Waals surface area contributed by atoms with Gasteiger partial charge in [-0.05, 0) is 56.1 Å². The predicted molar refractivity (Wildman–Crippen MR) is 101 cm³/mol. The lowest BCUT2D eigenvalue weighted by molar-refractivity contribution is -0.0741. The second-order valence-corrected chi connectivity index (χ2v) is 7.39. The van der Waals surface area contributed by atoms with E-state index in [-0.39, 0.29) is 12.1 Å². The molecule has 3 fully saturated rings. The molecule has 4 heterocycles. The van der Waals surface area contributed by atoms with Crippen molar-refractivity contribution in [3.05, 3.63) is 59.4 Å². The summed E-state index contributed by atoms with van der Waals surface area (Å²) in [5.74, 6) is 0.415. The van der Waals surface area contributed by atoms with Crippen LogP contribution in [0.25, 0.3) is 0 Å². The number of benzene rings is 1. The normalized spacial score (nSPS) is 27.1. The molecule has 26 heavy (non-hydrogen) atoms. The summed E-state index contributed by atoms with van der Waals surface area (Å²) in [6, 6.07) is 11.4. The van der Waals surface area contributed by atoms with Crippen LogP contribution in [0.3, 0.4) is 0 Å². The summed E-state index contributed by atoms with van der Waals surface area (Å²) in [5.41, 5.74) is 1.74. The Labute approximate surface area is 158 Å². The summed E-state index contributed by atoms with van der Waals surface area (Å²) in [4.78, 5) is 19.1. The zero-order valence-electron chi connectivity index (χ0n) is 14.5. The fourth-order valence-corrected chi connectivity index (χ4v) is 4.29. The maximum atomic E-state index is 12.5. The number of amides is 1. The van der Waals surface area contributed by atoms with Crippen LogP contribution in [0.4, 0.5) is 10.5 Å². The highest BCUT2D eigenvalue weighted by atomic mass is 35.5. The van der Waals surface area contributed by atoms with Crippen LogP contribution in [0.2, 0.25) is 5.02 Å². The van der Waals surface area contributed by atoms with Crippen molar-refractivity contribution in [3.63, 3.8) is 0 Å². The molecule has 3 aliphatic rings. The highest BCUT2D eigenvalue weighted by Gasteiger charge is 2.44. The highest BCUT2D eigenvalue weighted by molar-refractivity contribution is 6.33. The second-order valence-electron chi connectivity index (χ2n) is 6.98. The SMILES string of the molecule is O=C(Nc1ccccc1Cl)O[C@H]1C2CCN(CC2)[C@@H]1Cc1cccnc1. The van der Waals surface area contributed by atoms with Crippen molar-refractivity contribution in [3.8, 4) is 0 Å². The zero-order chi connectivity index (χ0) is 17.9. The van der Waals surface area contributed by atoms with E-state index in [0.29, 0.717) is 16.6 Å². The number of rotatable bonds is 4. The van der Waals surface area contributed by atoms with Gasteiger partial charge in [-0.1, -0.05) is 29.8 Å². The van der Waals surface area contributed by atoms with Gasteiger partial charge >= 0.3 is 6.09 Å². The first-order chi connectivity index (χ1) is 12.7. The van der Waals surface area contributed by atoms with Crippen molar-refractivity contribution in [2.45, 2.75) is 31.4 Å². The summed E-state index contributed by atoms with van der Waals surface area (Å²) in [5, 5.41) is 3.28. The number of para-hydroxylation sites is 1. The van der Waals surface area contributed by atoms with Gasteiger partial charge in [-0.25, -0.2) is 4.79 Å². The maximum Gasteiger partial charge on any atom is 0.412 e. The smallest absolute Gasteiger partial charge is 0.412 e. The minimum atomic E-state index is -0.437. The molecule has 2 bridgehead atoms. The molecule has 1 amide bonds. The first kappa shape index (κ1) is 17.3. The molecule has 5 nitrogen and oxygen atoms in total. The number of hydrogen-bond donors (Lipinski definition) is 1. The number of carbonyl (C=O) groups is 1. The van der Waals surface area contributed by atoms with Crippen LogP contribution in [0.5, 0.6) is 0 Å². The molecule has 6 heteroatoms. The number of pyridine rings is 1. The average Bonchev–Trinajstić information content (AvgIpc) is 2.67. The van der Waals surface area contributed by atoms with Crippen LogP contribution in [0, 0.1) is 5.92 Å². The van der Waals surface area contributed by atoms with Crippen molar-refractivity contribution in [2.75, 3.05) is 18.4 Å². The molecule has 1 aromatic heterocycles. The molecular weight excluding hydrogens is 350 g/mol. The fourth-order valence-electron chi connectivity index (χ4n) is 4.11. The number of nitrogens with one attached hydrogen (secondary N) is 1. The maximum absolute atomic E-state index is 12.5. The lowest BCUT2D eigenvalue weighted by Gasteiger charge is -2.50. The van der Waals surface area contributed by atoms with Gasteiger partial charge < -0.3 is 4.74 Å². The van der Waals surface area contributed by atoms with E-state index in [2.05, 4.69) is 21.3 Å². The Bertz CT molecular complexity index is 763. The molecule has 0 spiro atoms. The molecule has 1 aromatic carbocycles. The van der Waals surface area contributed by atoms with Crippen LogP contribution >= 0.6 is 11.6 Å². The van der Waals surface area contributed by atoms with Gasteiger partial charge in [0.25, 0.3) is 0 Å². The lowest BCUT2D eigenvalue weighted by atomic mass is 9.78. The number of ether oxygens (including phenoxy) is 1. The van der Waals surface area contributed by atoms with Crippen LogP contribution in [0.1, 0.15) is 18.4 Å². The fraction of sp³-hybridized carbons (Fsp3) is 0.400. The van der Waals surface area contributed by atoms with Crippen LogP contribution in [-0.2, 0) is 11.2 Å². The number of anilines is 1. The average molecular weight is 372 g/mol. The molecule has 2 atom stereocenters. The van der Waals surface area contributed by atoms with Gasteiger partial charge in [-0.15, -0.1) is 0 Å². The molecule has 0 saturated carbocycles. The first-order valence-electron chi connectivity index (χ1n) is 9.06. The van der Waals surface area contributed by atoms with Gasteiger partial charge in [-0.2, -0.15) is 0 Å². The van der Waals surface area contributed by atoms with Crippen molar-refractivity contribution in [1.82, 2.24) is 9.88 Å². The number of fused-ring (bicyclic) bond motifs is 3. The Kier molecular flexibility index (Phi) is 5.09. The number of hydrogen-bond acceptors (Lipinski definition) is 4. The van der Waals surface area contributed by atoms with Crippen molar-refractivity contribution >= 4 is 23.4 Å². The summed E-state index contributed by atoms with van der Waals surface area (Å²) in [6.45, 7) is 2.14. The standard InChI is InChI=1S/C20H22ClN3O2/c21-16-5-1-2-6-17(16)23-20(25)26-19-15-7-10-24(11-8-15)18(19)12-14-4-3-9-22-13-14/h1-6,9,13,15,18-19H,7-8,10-12H2,(H,23,25)/t18-,19+/m1/s1. The minimum absolute atomic E-state index is 0.111. The van der Waals surface area contributed by atoms with E-state index >= 15 is 0 Å². The molecule has 2 aromatic rings. The third kappa shape index (κ3) is 3.69. The van der Waals surface area contributed by atoms with Crippen LogP contribution in [0.15, 0.2) is 48.8 Å². The van der Waals surface area contributed by atoms with E-state index in [1.807, 2.05) is 24.4 Å². The first-order valence-corrected chi connectivity index (χ1v) is 9.43. The minimum Gasteiger partial charge on any atom is -0.444 e. The van der Waals surface area contributed by atoms with Gasteiger partial charge in [0, 0.05) is 18.3 Å². The number of halogens is 1. The Morgan fingerprint density at radius 2 is 2.04 bits per heavy atom. The summed E-state index contributed by atoms with van der Waals surface area (Å²) in [7, 11) is 0. The molecule has 0 aliphatic carbocycles. The Morgan fingerprint density at radius 1 is 1.23 bits per heavy atom. The molecule has 0 radical (unpaired) electrons. The number of carbonyl (C=O) groups excluding carboxylic acids is 1. The van der Waals surface area contributed by atoms with E-state index in [1.54, 1.807) is 18.3 Å². The van der Waals surface area contributed by atoms with E-state index < -0.39 is 6.09 Å². The number of nitrogens with zero attached hydrogens (tertiary/aromatic N) is 2. The molecule has 0 unspecified atom stereocenters. The summed E-state index contributed by atoms with van der Waals surface area (Å²) in [6.07, 6.45) is 6.12. The lowest BCUT2D eigenvalue weighted by Crippen LogP contribution is -2.60. The molecule has 3 saturated heterocycles. The molecule has 5 rings (SSSR count). The monoisotopic (exact) mass is 371 g/mol. The Morgan fingerprint density at radius 3 is 2.77 bits per heavy atom. The van der Waals surface area contributed by atoms with Crippen molar-refractivity contribution in [1.29, 1.82) is 0 Å². The quantitative estimate of drug-likeness (QED) is 0.882. The Balaban J connectivity index is 1.47. The molecule has 1 N–H and O–H groups in total. The van der Waals surface area contributed by atoms with Crippen LogP contribution in [-0.4, -0.2) is 41.2 Å². The Hall–Kier alpha value is -2.11. The molecule has 3 aliphatic heterocycles. The largest absolute Gasteiger partial charge is 0.444 e. The van der Waals surface area contributed by atoms with Gasteiger partial charge in [0.1, 0.15) is 6.10 Å². The predicted octanol–water partition coefficient (Wildman–Crippen LogP) is 3.99. The van der Waals surface area contributed by atoms with E-state index in [4.69, 9.17) is 16.3 Å². The molecule has 136 valence electrons. The van der Waals surface area contributed by atoms with E-state index in [1.165, 1.54) is 5.56 Å². The third-order valence-corrected chi connectivity index (χ3v) is 5.74. The topological polar surface area (TPSA) is 54.5 Å². The van der Waals surface area contributed by atoms with Crippen LogP contribution < -0.4 is 5.32 Å². The van der Waals surface area contributed by atoms with Gasteiger partial charge in [0.15, 0.2) is 0 Å². The molecular formula is C20H22ClN3O2.